The number of aromatic nitrogens is 3. The number of fused-ring (bicyclic) bond motifs is 2. The Balaban J connectivity index is 1.53. The first kappa shape index (κ1) is 21.2. The molecule has 1 heterocycles. The number of benzene rings is 5. The summed E-state index contributed by atoms with van der Waals surface area (Å²) in [6.07, 6.45) is 0. The summed E-state index contributed by atoms with van der Waals surface area (Å²) in [4.78, 5) is 14.4. The average molecular weight is 453 g/mol. The summed E-state index contributed by atoms with van der Waals surface area (Å²) in [6.45, 7) is 0. The summed E-state index contributed by atoms with van der Waals surface area (Å²) < 4.78 is 0. The summed E-state index contributed by atoms with van der Waals surface area (Å²) in [5, 5.41) is 23.4. The van der Waals surface area contributed by atoms with E-state index in [1.54, 1.807) is 24.3 Å². The molecule has 0 amide bonds. The summed E-state index contributed by atoms with van der Waals surface area (Å²) in [5.41, 5.74) is 2.97. The van der Waals surface area contributed by atoms with Crippen LogP contribution in [0.25, 0.3) is 55.7 Å². The number of rotatable bonds is 4. The minimum Gasteiger partial charge on any atom is -0.423 e. The van der Waals surface area contributed by atoms with Gasteiger partial charge in [0.15, 0.2) is 17.5 Å². The smallest absolute Gasteiger partial charge is 0.423 e. The molecule has 6 aromatic rings. The van der Waals surface area contributed by atoms with E-state index in [2.05, 4.69) is 48.5 Å². The van der Waals surface area contributed by atoms with Crippen LogP contribution in [-0.2, 0) is 0 Å². The quantitative estimate of drug-likeness (QED) is 0.373. The van der Waals surface area contributed by atoms with Crippen molar-refractivity contribution in [3.63, 3.8) is 0 Å². The van der Waals surface area contributed by atoms with E-state index in [1.165, 1.54) is 0 Å². The first-order chi connectivity index (χ1) is 17.1. The van der Waals surface area contributed by atoms with Gasteiger partial charge < -0.3 is 10.0 Å². The van der Waals surface area contributed by atoms with E-state index in [0.717, 1.165) is 38.2 Å². The van der Waals surface area contributed by atoms with Crippen molar-refractivity contribution < 1.29 is 10.0 Å². The minimum absolute atomic E-state index is 0.410. The van der Waals surface area contributed by atoms with Gasteiger partial charge in [0.05, 0.1) is 0 Å². The summed E-state index contributed by atoms with van der Waals surface area (Å²) in [7, 11) is -1.52. The van der Waals surface area contributed by atoms with Crippen LogP contribution in [0.2, 0.25) is 0 Å². The van der Waals surface area contributed by atoms with E-state index < -0.39 is 7.12 Å². The molecule has 1 aromatic heterocycles. The van der Waals surface area contributed by atoms with Gasteiger partial charge in [-0.05, 0) is 39.1 Å². The maximum Gasteiger partial charge on any atom is 0.488 e. The van der Waals surface area contributed by atoms with Gasteiger partial charge in [-0.15, -0.1) is 0 Å². The standard InChI is InChI=1S/C29H20BN3O2/c34-30(35)26-15-13-21(14-16-26)27-31-28(24-11-9-19-5-1-3-7-22(19)17-24)33-29(32-27)25-12-10-20-6-2-4-8-23(20)18-25/h1-18,34-35H. The molecule has 2 N–H and O–H groups in total. The molecule has 0 atom stereocenters. The van der Waals surface area contributed by atoms with Crippen LogP contribution in [0.3, 0.4) is 0 Å². The molecule has 0 fully saturated rings. The highest BCUT2D eigenvalue weighted by Gasteiger charge is 2.15. The Morgan fingerprint density at radius 3 is 1.29 bits per heavy atom. The molecule has 0 radical (unpaired) electrons. The van der Waals surface area contributed by atoms with Gasteiger partial charge in [-0.25, -0.2) is 15.0 Å². The monoisotopic (exact) mass is 453 g/mol. The van der Waals surface area contributed by atoms with E-state index >= 15 is 0 Å². The van der Waals surface area contributed by atoms with Crippen LogP contribution in [0.4, 0.5) is 0 Å². The van der Waals surface area contributed by atoms with Gasteiger partial charge in [0.25, 0.3) is 0 Å². The highest BCUT2D eigenvalue weighted by molar-refractivity contribution is 6.58. The molecule has 35 heavy (non-hydrogen) atoms. The van der Waals surface area contributed by atoms with Crippen LogP contribution in [0.1, 0.15) is 0 Å². The van der Waals surface area contributed by atoms with Crippen molar-refractivity contribution in [1.82, 2.24) is 15.0 Å². The lowest BCUT2D eigenvalue weighted by Crippen LogP contribution is -2.29. The Morgan fingerprint density at radius 1 is 0.429 bits per heavy atom. The molecule has 0 aliphatic heterocycles. The number of nitrogens with zero attached hydrogens (tertiary/aromatic N) is 3. The fourth-order valence-corrected chi connectivity index (χ4v) is 4.22. The summed E-state index contributed by atoms with van der Waals surface area (Å²) >= 11 is 0. The van der Waals surface area contributed by atoms with E-state index in [4.69, 9.17) is 15.0 Å². The van der Waals surface area contributed by atoms with Gasteiger partial charge in [0.2, 0.25) is 0 Å². The maximum atomic E-state index is 9.46. The van der Waals surface area contributed by atoms with Crippen molar-refractivity contribution in [3.05, 3.63) is 109 Å². The van der Waals surface area contributed by atoms with Gasteiger partial charge in [-0.1, -0.05) is 97.1 Å². The van der Waals surface area contributed by atoms with Crippen LogP contribution in [-0.4, -0.2) is 32.1 Å². The third kappa shape index (κ3) is 4.17. The minimum atomic E-state index is -1.52. The lowest BCUT2D eigenvalue weighted by atomic mass is 9.80. The van der Waals surface area contributed by atoms with Gasteiger partial charge in [0, 0.05) is 16.7 Å². The zero-order chi connectivity index (χ0) is 23.8. The summed E-state index contributed by atoms with van der Waals surface area (Å²) in [6, 6.07) is 35.7. The normalized spacial score (nSPS) is 11.1. The molecule has 0 unspecified atom stereocenters. The highest BCUT2D eigenvalue weighted by Crippen LogP contribution is 2.28. The van der Waals surface area contributed by atoms with Crippen LogP contribution in [0, 0.1) is 0 Å². The molecule has 5 nitrogen and oxygen atoms in total. The van der Waals surface area contributed by atoms with Gasteiger partial charge in [0.1, 0.15) is 0 Å². The third-order valence-corrected chi connectivity index (χ3v) is 6.12. The zero-order valence-electron chi connectivity index (χ0n) is 18.7. The van der Waals surface area contributed by atoms with Crippen molar-refractivity contribution in [2.24, 2.45) is 0 Å². The van der Waals surface area contributed by atoms with E-state index in [1.807, 2.05) is 36.4 Å². The predicted molar refractivity (Wildman–Crippen MR) is 141 cm³/mol. The topological polar surface area (TPSA) is 79.1 Å². The fraction of sp³-hybridized carbons (Fsp3) is 0. The SMILES string of the molecule is OB(O)c1ccc(-c2nc(-c3ccc4ccccc4c3)nc(-c3ccc4ccccc4c3)n2)cc1. The van der Waals surface area contributed by atoms with Gasteiger partial charge in [-0.2, -0.15) is 0 Å². The second-order valence-electron chi connectivity index (χ2n) is 8.43. The predicted octanol–water partition coefficient (Wildman–Crippen LogP) is 4.86. The highest BCUT2D eigenvalue weighted by atomic mass is 16.4. The van der Waals surface area contributed by atoms with Crippen molar-refractivity contribution in [2.45, 2.75) is 0 Å². The van der Waals surface area contributed by atoms with Gasteiger partial charge in [-0.3, -0.25) is 0 Å². The van der Waals surface area contributed by atoms with Crippen LogP contribution in [0.15, 0.2) is 109 Å². The lowest BCUT2D eigenvalue weighted by Gasteiger charge is -2.10. The molecular formula is C29H20BN3O2. The van der Waals surface area contributed by atoms with E-state index in [0.29, 0.717) is 22.9 Å². The Morgan fingerprint density at radius 2 is 0.829 bits per heavy atom. The van der Waals surface area contributed by atoms with Crippen molar-refractivity contribution in [1.29, 1.82) is 0 Å². The fourth-order valence-electron chi connectivity index (χ4n) is 4.22. The molecule has 6 rings (SSSR count). The maximum absolute atomic E-state index is 9.46. The molecule has 5 aromatic carbocycles. The number of hydrogen-bond donors (Lipinski definition) is 2. The molecule has 0 saturated carbocycles. The molecule has 0 bridgehead atoms. The first-order valence-corrected chi connectivity index (χ1v) is 11.3. The van der Waals surface area contributed by atoms with E-state index in [-0.39, 0.29) is 0 Å². The Kier molecular flexibility index (Phi) is 5.30. The molecule has 0 spiro atoms. The van der Waals surface area contributed by atoms with Crippen LogP contribution < -0.4 is 5.46 Å². The Bertz CT molecular complexity index is 1590. The van der Waals surface area contributed by atoms with Crippen molar-refractivity contribution in [3.8, 4) is 34.2 Å². The van der Waals surface area contributed by atoms with Crippen molar-refractivity contribution >= 4 is 34.1 Å². The van der Waals surface area contributed by atoms with E-state index in [9.17, 15) is 10.0 Å². The molecule has 0 saturated heterocycles. The van der Waals surface area contributed by atoms with Crippen LogP contribution >= 0.6 is 0 Å². The zero-order valence-corrected chi connectivity index (χ0v) is 18.7. The molecule has 6 heteroatoms. The third-order valence-electron chi connectivity index (χ3n) is 6.12. The molecule has 0 aliphatic rings. The second kappa shape index (κ2) is 8.76. The molecule has 0 aliphatic carbocycles. The largest absolute Gasteiger partial charge is 0.488 e. The molecule has 166 valence electrons. The van der Waals surface area contributed by atoms with Crippen molar-refractivity contribution in [2.75, 3.05) is 0 Å². The second-order valence-corrected chi connectivity index (χ2v) is 8.43. The van der Waals surface area contributed by atoms with Crippen LogP contribution in [0.5, 0.6) is 0 Å². The Hall–Kier alpha value is -4.39. The Labute approximate surface area is 202 Å². The summed E-state index contributed by atoms with van der Waals surface area (Å²) in [5.74, 6) is 1.68. The average Bonchev–Trinajstić information content (AvgIpc) is 2.92. The lowest BCUT2D eigenvalue weighted by molar-refractivity contribution is 0.426. The number of hydrogen-bond acceptors (Lipinski definition) is 5. The van der Waals surface area contributed by atoms with Gasteiger partial charge >= 0.3 is 7.12 Å². The molecular weight excluding hydrogens is 433 g/mol. The first-order valence-electron chi connectivity index (χ1n) is 11.3.